The number of hydrogen-bond donors (Lipinski definition) is 0. The molecule has 0 spiro atoms. The van der Waals surface area contributed by atoms with Crippen LogP contribution in [0.25, 0.3) is 5.57 Å². The number of nitrogens with zero attached hydrogens (tertiary/aromatic N) is 2. The molecule has 2 unspecified atom stereocenters. The highest BCUT2D eigenvalue weighted by molar-refractivity contribution is 5.72. The normalized spacial score (nSPS) is 22.5. The third kappa shape index (κ3) is 5.32. The van der Waals surface area contributed by atoms with E-state index in [1.165, 1.54) is 16.7 Å². The summed E-state index contributed by atoms with van der Waals surface area (Å²) in [7, 11) is 0. The van der Waals surface area contributed by atoms with E-state index in [0.717, 1.165) is 17.0 Å². The Labute approximate surface area is 176 Å². The van der Waals surface area contributed by atoms with Crippen molar-refractivity contribution in [3.63, 3.8) is 0 Å². The molecule has 1 aromatic rings. The molecule has 2 atom stereocenters. The number of aromatic nitrogens is 2. The summed E-state index contributed by atoms with van der Waals surface area (Å²) in [4.78, 5) is 9.30. The molecule has 0 saturated carbocycles. The van der Waals surface area contributed by atoms with Gasteiger partial charge in [0.05, 0.1) is 0 Å². The van der Waals surface area contributed by atoms with Crippen LogP contribution in [0, 0.1) is 17.8 Å². The fraction of sp³-hybridized carbons (Fsp3) is 0.407. The Morgan fingerprint density at radius 1 is 0.724 bits per heavy atom. The molecule has 0 amide bonds. The largest absolute Gasteiger partial charge is 0.236 e. The van der Waals surface area contributed by atoms with Crippen molar-refractivity contribution in [2.45, 2.75) is 53.9 Å². The lowest BCUT2D eigenvalue weighted by Crippen LogP contribution is -2.12. The van der Waals surface area contributed by atoms with Gasteiger partial charge in [0.25, 0.3) is 0 Å². The molecule has 1 heterocycles. The lowest BCUT2D eigenvalue weighted by Gasteiger charge is -2.17. The Hall–Kier alpha value is -2.48. The van der Waals surface area contributed by atoms with Gasteiger partial charge in [-0.2, -0.15) is 0 Å². The molecule has 0 fully saturated rings. The molecule has 0 aliphatic heterocycles. The molecule has 0 saturated heterocycles. The monoisotopic (exact) mass is 386 g/mol. The Kier molecular flexibility index (Phi) is 6.21. The summed E-state index contributed by atoms with van der Waals surface area (Å²) >= 11 is 0. The highest BCUT2D eigenvalue weighted by Gasteiger charge is 2.16. The summed E-state index contributed by atoms with van der Waals surface area (Å²) in [6, 6.07) is 0. The molecular weight excluding hydrogens is 352 g/mol. The van der Waals surface area contributed by atoms with Gasteiger partial charge in [-0.3, -0.25) is 0 Å². The molecule has 2 heteroatoms. The predicted molar refractivity (Wildman–Crippen MR) is 124 cm³/mol. The van der Waals surface area contributed by atoms with Crippen molar-refractivity contribution >= 4 is 5.57 Å². The van der Waals surface area contributed by atoms with Gasteiger partial charge in [-0.15, -0.1) is 0 Å². The molecular formula is C27H34N2. The number of allylic oxidation sites excluding steroid dienone is 12. The lowest BCUT2D eigenvalue weighted by molar-refractivity contribution is 0.583. The van der Waals surface area contributed by atoms with Gasteiger partial charge in [0.15, 0.2) is 5.82 Å². The minimum Gasteiger partial charge on any atom is -0.236 e. The van der Waals surface area contributed by atoms with Gasteiger partial charge < -0.3 is 0 Å². The molecule has 3 rings (SSSR count). The van der Waals surface area contributed by atoms with Crippen molar-refractivity contribution in [2.75, 3.05) is 0 Å². The lowest BCUT2D eigenvalue weighted by atomic mass is 9.89. The smallest absolute Gasteiger partial charge is 0.158 e. The van der Waals surface area contributed by atoms with Crippen LogP contribution in [0.15, 0.2) is 77.7 Å². The summed E-state index contributed by atoms with van der Waals surface area (Å²) in [5.41, 5.74) is 6.24. The van der Waals surface area contributed by atoms with Crippen LogP contribution in [-0.2, 0) is 5.41 Å². The van der Waals surface area contributed by atoms with Gasteiger partial charge >= 0.3 is 0 Å². The number of rotatable bonds is 3. The molecule has 2 nitrogen and oxygen atoms in total. The van der Waals surface area contributed by atoms with Crippen molar-refractivity contribution in [1.29, 1.82) is 0 Å². The molecule has 29 heavy (non-hydrogen) atoms. The zero-order valence-electron chi connectivity index (χ0n) is 18.9. The summed E-state index contributed by atoms with van der Waals surface area (Å²) in [6.07, 6.45) is 22.1. The van der Waals surface area contributed by atoms with Crippen molar-refractivity contribution in [3.05, 3.63) is 89.1 Å². The first-order chi connectivity index (χ1) is 13.6. The fourth-order valence-corrected chi connectivity index (χ4v) is 3.62. The molecule has 1 aromatic heterocycles. The summed E-state index contributed by atoms with van der Waals surface area (Å²) < 4.78 is 0. The Morgan fingerprint density at radius 2 is 1.21 bits per heavy atom. The van der Waals surface area contributed by atoms with Gasteiger partial charge in [-0.05, 0) is 45.5 Å². The Balaban J connectivity index is 1.86. The average Bonchev–Trinajstić information content (AvgIpc) is 2.96. The standard InChI is InChI=1S/C27H34N2/c1-18(2)21-8-9-22(13-19(3)12-21)23-10-11-24(15-20(4)14-23)26-28-16-25(17-29-26)27(5,6)7/h8-20H,1-7H3. The fourth-order valence-electron chi connectivity index (χ4n) is 3.62. The highest BCUT2D eigenvalue weighted by Crippen LogP contribution is 2.29. The Bertz CT molecular complexity index is 926. The maximum atomic E-state index is 4.65. The van der Waals surface area contributed by atoms with Crippen LogP contribution in [0.3, 0.4) is 0 Å². The molecule has 0 radical (unpaired) electrons. The molecule has 0 aromatic carbocycles. The van der Waals surface area contributed by atoms with E-state index in [9.17, 15) is 0 Å². The topological polar surface area (TPSA) is 25.8 Å². The van der Waals surface area contributed by atoms with Gasteiger partial charge in [0.2, 0.25) is 0 Å². The van der Waals surface area contributed by atoms with E-state index in [1.807, 2.05) is 12.4 Å². The second-order valence-electron chi connectivity index (χ2n) is 9.62. The quantitative estimate of drug-likeness (QED) is 0.558. The van der Waals surface area contributed by atoms with Crippen LogP contribution in [0.5, 0.6) is 0 Å². The van der Waals surface area contributed by atoms with Gasteiger partial charge in [-0.25, -0.2) is 9.97 Å². The van der Waals surface area contributed by atoms with Crippen LogP contribution in [0.1, 0.15) is 59.9 Å². The van der Waals surface area contributed by atoms with Crippen molar-refractivity contribution in [3.8, 4) is 0 Å². The number of hydrogen-bond acceptors (Lipinski definition) is 2. The van der Waals surface area contributed by atoms with E-state index in [1.54, 1.807) is 0 Å². The van der Waals surface area contributed by atoms with Crippen molar-refractivity contribution < 1.29 is 0 Å². The zero-order chi connectivity index (χ0) is 21.2. The minimum absolute atomic E-state index is 0.0616. The van der Waals surface area contributed by atoms with Crippen LogP contribution in [-0.4, -0.2) is 9.97 Å². The zero-order valence-corrected chi connectivity index (χ0v) is 18.9. The first kappa shape index (κ1) is 21.2. The van der Waals surface area contributed by atoms with E-state index in [0.29, 0.717) is 17.8 Å². The van der Waals surface area contributed by atoms with E-state index in [2.05, 4.69) is 107 Å². The second kappa shape index (κ2) is 8.49. The van der Waals surface area contributed by atoms with Crippen molar-refractivity contribution in [2.24, 2.45) is 17.8 Å². The molecule has 0 bridgehead atoms. The summed E-state index contributed by atoms with van der Waals surface area (Å²) in [6.45, 7) is 15.5. The average molecular weight is 387 g/mol. The maximum Gasteiger partial charge on any atom is 0.158 e. The van der Waals surface area contributed by atoms with E-state index >= 15 is 0 Å². The van der Waals surface area contributed by atoms with Gasteiger partial charge in [0, 0.05) is 18.0 Å². The van der Waals surface area contributed by atoms with E-state index < -0.39 is 0 Å². The van der Waals surface area contributed by atoms with Crippen LogP contribution in [0.4, 0.5) is 0 Å². The third-order valence-electron chi connectivity index (χ3n) is 5.46. The summed E-state index contributed by atoms with van der Waals surface area (Å²) in [5.74, 6) is 2.07. The molecule has 2 aliphatic rings. The van der Waals surface area contributed by atoms with Crippen LogP contribution >= 0.6 is 0 Å². The van der Waals surface area contributed by atoms with Crippen LogP contribution in [0.2, 0.25) is 0 Å². The third-order valence-corrected chi connectivity index (χ3v) is 5.46. The maximum absolute atomic E-state index is 4.65. The van der Waals surface area contributed by atoms with Gasteiger partial charge in [-0.1, -0.05) is 97.1 Å². The van der Waals surface area contributed by atoms with Gasteiger partial charge in [0.1, 0.15) is 0 Å². The second-order valence-corrected chi connectivity index (χ2v) is 9.62. The highest BCUT2D eigenvalue weighted by atomic mass is 14.9. The first-order valence-corrected chi connectivity index (χ1v) is 10.7. The SMILES string of the molecule is CC1C=C(C2=CC(C)C=C(C(C)C)C=C2)C=CC(c2ncc(C(C)(C)C)cn2)=C1. The summed E-state index contributed by atoms with van der Waals surface area (Å²) in [5, 5.41) is 0. The predicted octanol–water partition coefficient (Wildman–Crippen LogP) is 7.00. The Morgan fingerprint density at radius 3 is 1.76 bits per heavy atom. The molecule has 152 valence electrons. The minimum atomic E-state index is 0.0616. The first-order valence-electron chi connectivity index (χ1n) is 10.7. The van der Waals surface area contributed by atoms with Crippen molar-refractivity contribution in [1.82, 2.24) is 9.97 Å². The molecule has 0 N–H and O–H groups in total. The van der Waals surface area contributed by atoms with E-state index in [4.69, 9.17) is 0 Å². The molecule has 2 aliphatic carbocycles. The van der Waals surface area contributed by atoms with E-state index in [-0.39, 0.29) is 5.41 Å². The van der Waals surface area contributed by atoms with Crippen LogP contribution < -0.4 is 0 Å².